The van der Waals surface area contributed by atoms with Crippen molar-refractivity contribution in [1.29, 1.82) is 0 Å². The molecule has 0 aliphatic heterocycles. The molecule has 2 heterocycles. The molecule has 2 aromatic heterocycles. The molecule has 0 aromatic carbocycles. The predicted octanol–water partition coefficient (Wildman–Crippen LogP) is 2.32. The van der Waals surface area contributed by atoms with Crippen LogP contribution in [-0.2, 0) is 4.74 Å². The monoisotopic (exact) mass is 241 g/mol. The van der Waals surface area contributed by atoms with Gasteiger partial charge >= 0.3 is 0 Å². The molecule has 6 heteroatoms. The molecule has 4 nitrogen and oxygen atoms in total. The number of hydrogen-bond donors (Lipinski definition) is 1. The van der Waals surface area contributed by atoms with E-state index in [0.717, 1.165) is 23.1 Å². The summed E-state index contributed by atoms with van der Waals surface area (Å²) in [6.07, 6.45) is 0. The fourth-order valence-electron chi connectivity index (χ4n) is 1.07. The van der Waals surface area contributed by atoms with E-state index in [4.69, 9.17) is 4.74 Å². The zero-order chi connectivity index (χ0) is 10.5. The number of anilines is 1. The summed E-state index contributed by atoms with van der Waals surface area (Å²) in [5.41, 5.74) is 3.68. The second-order valence-electron chi connectivity index (χ2n) is 2.83. The third-order valence-electron chi connectivity index (χ3n) is 1.78. The highest BCUT2D eigenvalue weighted by Gasteiger charge is 2.05. The van der Waals surface area contributed by atoms with E-state index >= 15 is 0 Å². The molecule has 15 heavy (non-hydrogen) atoms. The number of methoxy groups -OCH3 is 1. The van der Waals surface area contributed by atoms with Crippen molar-refractivity contribution in [3.05, 3.63) is 16.3 Å². The molecule has 0 fully saturated rings. The Morgan fingerprint density at radius 3 is 3.07 bits per heavy atom. The maximum Gasteiger partial charge on any atom is 0.183 e. The smallest absolute Gasteiger partial charge is 0.183 e. The topological polar surface area (TPSA) is 47.0 Å². The van der Waals surface area contributed by atoms with Crippen molar-refractivity contribution in [2.24, 2.45) is 0 Å². The molecule has 0 bridgehead atoms. The fraction of sp³-hybridized carbons (Fsp3) is 0.333. The zero-order valence-corrected chi connectivity index (χ0v) is 9.90. The summed E-state index contributed by atoms with van der Waals surface area (Å²) in [5.74, 6) is 0. The summed E-state index contributed by atoms with van der Waals surface area (Å²) in [5, 5.41) is 8.10. The molecule has 80 valence electrons. The van der Waals surface area contributed by atoms with E-state index < -0.39 is 0 Å². The molecule has 0 saturated heterocycles. The second-order valence-corrected chi connectivity index (χ2v) is 4.41. The van der Waals surface area contributed by atoms with Gasteiger partial charge in [0, 0.05) is 24.4 Å². The Kier molecular flexibility index (Phi) is 3.65. The third-order valence-corrected chi connectivity index (χ3v) is 3.17. The molecule has 1 N–H and O–H groups in total. The van der Waals surface area contributed by atoms with Crippen molar-refractivity contribution in [3.8, 4) is 11.4 Å². The van der Waals surface area contributed by atoms with Crippen LogP contribution in [0.1, 0.15) is 0 Å². The fourth-order valence-corrected chi connectivity index (χ4v) is 2.35. The van der Waals surface area contributed by atoms with Gasteiger partial charge in [0.2, 0.25) is 0 Å². The van der Waals surface area contributed by atoms with Gasteiger partial charge in [0.05, 0.1) is 12.1 Å². The number of nitrogens with one attached hydrogen (secondary N) is 1. The first kappa shape index (κ1) is 10.5. The lowest BCUT2D eigenvalue weighted by molar-refractivity contribution is 0.211. The molecule has 0 aliphatic carbocycles. The third kappa shape index (κ3) is 2.74. The van der Waals surface area contributed by atoms with Crippen LogP contribution in [0.4, 0.5) is 5.13 Å². The van der Waals surface area contributed by atoms with Gasteiger partial charge in [-0.15, -0.1) is 22.7 Å². The summed E-state index contributed by atoms with van der Waals surface area (Å²) in [6, 6.07) is 0. The average Bonchev–Trinajstić information content (AvgIpc) is 2.87. The van der Waals surface area contributed by atoms with E-state index in [1.54, 1.807) is 29.8 Å². The minimum atomic E-state index is 0.686. The van der Waals surface area contributed by atoms with Crippen molar-refractivity contribution in [1.82, 2.24) is 9.97 Å². The van der Waals surface area contributed by atoms with Gasteiger partial charge in [-0.05, 0) is 0 Å². The summed E-state index contributed by atoms with van der Waals surface area (Å²) < 4.78 is 4.95. The summed E-state index contributed by atoms with van der Waals surface area (Å²) in [6.45, 7) is 1.46. The van der Waals surface area contributed by atoms with Crippen LogP contribution in [0.5, 0.6) is 0 Å². The van der Waals surface area contributed by atoms with E-state index in [1.807, 2.05) is 16.3 Å². The number of thiazole rings is 2. The molecule has 0 radical (unpaired) electrons. The molecule has 0 aliphatic rings. The van der Waals surface area contributed by atoms with Gasteiger partial charge in [0.15, 0.2) is 5.13 Å². The standard InChI is InChI=1S/C9H11N3OS2/c1-13-3-2-10-9-12-8(5-15-9)7-4-14-6-11-7/h4-6H,2-3H2,1H3,(H,10,12). The van der Waals surface area contributed by atoms with Gasteiger partial charge in [-0.25, -0.2) is 9.97 Å². The average molecular weight is 241 g/mol. The van der Waals surface area contributed by atoms with E-state index in [0.29, 0.717) is 6.61 Å². The molecule has 0 amide bonds. The van der Waals surface area contributed by atoms with Crippen molar-refractivity contribution < 1.29 is 4.74 Å². The quantitative estimate of drug-likeness (QED) is 0.816. The van der Waals surface area contributed by atoms with E-state index in [1.165, 1.54) is 0 Å². The van der Waals surface area contributed by atoms with Crippen molar-refractivity contribution in [2.45, 2.75) is 0 Å². The lowest BCUT2D eigenvalue weighted by Gasteiger charge is -1.99. The van der Waals surface area contributed by atoms with Crippen molar-refractivity contribution >= 4 is 27.8 Å². The summed E-state index contributed by atoms with van der Waals surface area (Å²) in [7, 11) is 1.68. The molecule has 0 saturated carbocycles. The lowest BCUT2D eigenvalue weighted by Crippen LogP contribution is -2.06. The maximum atomic E-state index is 4.95. The molecule has 2 rings (SSSR count). The van der Waals surface area contributed by atoms with Crippen LogP contribution >= 0.6 is 22.7 Å². The van der Waals surface area contributed by atoms with Crippen LogP contribution in [0.3, 0.4) is 0 Å². The highest BCUT2D eigenvalue weighted by molar-refractivity contribution is 7.14. The Balaban J connectivity index is 1.98. The Bertz CT molecular complexity index is 399. The number of rotatable bonds is 5. The Morgan fingerprint density at radius 1 is 1.40 bits per heavy atom. The maximum absolute atomic E-state index is 4.95. The Morgan fingerprint density at radius 2 is 2.33 bits per heavy atom. The van der Waals surface area contributed by atoms with Gasteiger partial charge in [-0.3, -0.25) is 0 Å². The van der Waals surface area contributed by atoms with Gasteiger partial charge in [-0.2, -0.15) is 0 Å². The lowest BCUT2D eigenvalue weighted by atomic mass is 10.4. The van der Waals surface area contributed by atoms with Gasteiger partial charge < -0.3 is 10.1 Å². The highest BCUT2D eigenvalue weighted by Crippen LogP contribution is 2.24. The Hall–Kier alpha value is -0.980. The van der Waals surface area contributed by atoms with Crippen molar-refractivity contribution in [2.75, 3.05) is 25.6 Å². The first-order valence-electron chi connectivity index (χ1n) is 4.47. The Labute approximate surface area is 96.0 Å². The molecule has 0 spiro atoms. The predicted molar refractivity (Wildman–Crippen MR) is 63.6 cm³/mol. The number of ether oxygens (including phenoxy) is 1. The van der Waals surface area contributed by atoms with Gasteiger partial charge in [0.1, 0.15) is 11.4 Å². The van der Waals surface area contributed by atoms with Crippen LogP contribution in [0.2, 0.25) is 0 Å². The first-order valence-corrected chi connectivity index (χ1v) is 6.29. The van der Waals surface area contributed by atoms with E-state index in [-0.39, 0.29) is 0 Å². The second kappa shape index (κ2) is 5.20. The number of aromatic nitrogens is 2. The highest BCUT2D eigenvalue weighted by atomic mass is 32.1. The van der Waals surface area contributed by atoms with Crippen LogP contribution in [0.15, 0.2) is 16.3 Å². The molecule has 2 aromatic rings. The van der Waals surface area contributed by atoms with Gasteiger partial charge in [-0.1, -0.05) is 0 Å². The molecular weight excluding hydrogens is 230 g/mol. The molecule has 0 atom stereocenters. The van der Waals surface area contributed by atoms with Crippen LogP contribution in [0.25, 0.3) is 11.4 Å². The SMILES string of the molecule is COCCNc1nc(-c2cscn2)cs1. The van der Waals surface area contributed by atoms with Gasteiger partial charge in [0.25, 0.3) is 0 Å². The van der Waals surface area contributed by atoms with Crippen LogP contribution in [0, 0.1) is 0 Å². The summed E-state index contributed by atoms with van der Waals surface area (Å²) >= 11 is 3.16. The molecular formula is C9H11N3OS2. The number of hydrogen-bond acceptors (Lipinski definition) is 6. The minimum absolute atomic E-state index is 0.686. The van der Waals surface area contributed by atoms with Crippen LogP contribution < -0.4 is 5.32 Å². The summed E-state index contributed by atoms with van der Waals surface area (Å²) in [4.78, 5) is 8.63. The first-order chi connectivity index (χ1) is 7.40. The largest absolute Gasteiger partial charge is 0.383 e. The number of nitrogens with zero attached hydrogens (tertiary/aromatic N) is 2. The minimum Gasteiger partial charge on any atom is -0.383 e. The van der Waals surface area contributed by atoms with Crippen LogP contribution in [-0.4, -0.2) is 30.2 Å². The van der Waals surface area contributed by atoms with Crippen molar-refractivity contribution in [3.63, 3.8) is 0 Å². The molecule has 0 unspecified atom stereocenters. The van der Waals surface area contributed by atoms with E-state index in [2.05, 4.69) is 15.3 Å². The normalized spacial score (nSPS) is 10.5. The van der Waals surface area contributed by atoms with E-state index in [9.17, 15) is 0 Å². The zero-order valence-electron chi connectivity index (χ0n) is 8.27.